The van der Waals surface area contributed by atoms with Crippen molar-refractivity contribution in [3.63, 3.8) is 0 Å². The summed E-state index contributed by atoms with van der Waals surface area (Å²) in [5, 5.41) is 2.72. The second kappa shape index (κ2) is 6.64. The molecule has 0 saturated carbocycles. The van der Waals surface area contributed by atoms with E-state index in [-0.39, 0.29) is 19.1 Å². The molecule has 0 aromatic heterocycles. The van der Waals surface area contributed by atoms with E-state index in [1.165, 1.54) is 0 Å². The quantitative estimate of drug-likeness (QED) is 0.526. The Morgan fingerprint density at radius 3 is 2.47 bits per heavy atom. The Labute approximate surface area is 86.0 Å². The predicted octanol–water partition coefficient (Wildman–Crippen LogP) is 1.51. The molecule has 0 saturated heterocycles. The molecule has 0 amide bonds. The lowest BCUT2D eigenvalue weighted by atomic mass is 10.2. The highest BCUT2D eigenvalue weighted by Gasteiger charge is 2.41. The lowest BCUT2D eigenvalue weighted by Gasteiger charge is -2.18. The van der Waals surface area contributed by atoms with Crippen molar-refractivity contribution in [1.29, 1.82) is 0 Å². The fourth-order valence-corrected chi connectivity index (χ4v) is 0.787. The van der Waals surface area contributed by atoms with Gasteiger partial charge in [0.25, 0.3) is 0 Å². The van der Waals surface area contributed by atoms with E-state index >= 15 is 0 Å². The normalized spacial score (nSPS) is 13.9. The highest BCUT2D eigenvalue weighted by Crippen LogP contribution is 2.22. The van der Waals surface area contributed by atoms with Crippen LogP contribution in [0.25, 0.3) is 0 Å². The van der Waals surface area contributed by atoms with Gasteiger partial charge in [-0.3, -0.25) is 0 Å². The van der Waals surface area contributed by atoms with Gasteiger partial charge >= 0.3 is 12.3 Å². The SMILES string of the molecule is C#CCC(COCC(F)(F)C(F)F)NC. The van der Waals surface area contributed by atoms with Gasteiger partial charge in [-0.05, 0) is 7.05 Å². The predicted molar refractivity (Wildman–Crippen MR) is 48.1 cm³/mol. The van der Waals surface area contributed by atoms with Crippen LogP contribution in [0.2, 0.25) is 0 Å². The van der Waals surface area contributed by atoms with Gasteiger partial charge < -0.3 is 10.1 Å². The fraction of sp³-hybridized carbons (Fsp3) is 0.778. The van der Waals surface area contributed by atoms with Crippen molar-refractivity contribution in [2.75, 3.05) is 20.3 Å². The fourth-order valence-electron chi connectivity index (χ4n) is 0.787. The maximum absolute atomic E-state index is 12.4. The first kappa shape index (κ1) is 14.2. The molecule has 0 aliphatic rings. The molecule has 88 valence electrons. The Kier molecular flexibility index (Phi) is 6.29. The van der Waals surface area contributed by atoms with Crippen molar-refractivity contribution in [1.82, 2.24) is 5.32 Å². The van der Waals surface area contributed by atoms with Gasteiger partial charge in [0.05, 0.1) is 6.61 Å². The third-order valence-corrected chi connectivity index (χ3v) is 1.71. The summed E-state index contributed by atoms with van der Waals surface area (Å²) in [6.45, 7) is -1.42. The van der Waals surface area contributed by atoms with Gasteiger partial charge in [-0.15, -0.1) is 12.3 Å². The van der Waals surface area contributed by atoms with Gasteiger partial charge in [-0.1, -0.05) is 0 Å². The minimum absolute atomic E-state index is 0.122. The minimum atomic E-state index is -4.10. The van der Waals surface area contributed by atoms with E-state index < -0.39 is 19.0 Å². The summed E-state index contributed by atoms with van der Waals surface area (Å²) < 4.78 is 52.6. The largest absolute Gasteiger partial charge is 0.373 e. The van der Waals surface area contributed by atoms with E-state index in [1.807, 2.05) is 0 Å². The summed E-state index contributed by atoms with van der Waals surface area (Å²) in [7, 11) is 1.58. The van der Waals surface area contributed by atoms with Gasteiger partial charge in [0.15, 0.2) is 0 Å². The molecule has 0 aliphatic carbocycles. The maximum atomic E-state index is 12.4. The van der Waals surface area contributed by atoms with Gasteiger partial charge in [0.2, 0.25) is 0 Å². The number of hydrogen-bond donors (Lipinski definition) is 1. The Morgan fingerprint density at radius 2 is 2.07 bits per heavy atom. The van der Waals surface area contributed by atoms with Crippen LogP contribution >= 0.6 is 0 Å². The molecule has 0 radical (unpaired) electrons. The number of alkyl halides is 4. The number of rotatable bonds is 7. The zero-order valence-corrected chi connectivity index (χ0v) is 8.27. The summed E-state index contributed by atoms with van der Waals surface area (Å²) in [6, 6.07) is -0.302. The van der Waals surface area contributed by atoms with E-state index in [2.05, 4.69) is 16.0 Å². The van der Waals surface area contributed by atoms with Crippen LogP contribution in [0.4, 0.5) is 17.6 Å². The molecule has 0 rings (SSSR count). The molecule has 1 unspecified atom stereocenters. The summed E-state index contributed by atoms with van der Waals surface area (Å²) >= 11 is 0. The monoisotopic (exact) mass is 227 g/mol. The molecule has 0 bridgehead atoms. The van der Waals surface area contributed by atoms with Crippen LogP contribution in [0.15, 0.2) is 0 Å². The van der Waals surface area contributed by atoms with Crippen LogP contribution in [0, 0.1) is 12.3 Å². The van der Waals surface area contributed by atoms with E-state index in [4.69, 9.17) is 6.42 Å². The molecule has 15 heavy (non-hydrogen) atoms. The molecule has 0 aromatic carbocycles. The van der Waals surface area contributed by atoms with Gasteiger partial charge in [-0.25, -0.2) is 8.78 Å². The second-order valence-electron chi connectivity index (χ2n) is 2.97. The molecule has 1 atom stereocenters. The maximum Gasteiger partial charge on any atom is 0.330 e. The molecule has 0 fully saturated rings. The number of ether oxygens (including phenoxy) is 1. The Morgan fingerprint density at radius 1 is 1.47 bits per heavy atom. The summed E-state index contributed by atoms with van der Waals surface area (Å²) in [5.74, 6) is -1.79. The lowest BCUT2D eigenvalue weighted by molar-refractivity contribution is -0.166. The zero-order chi connectivity index (χ0) is 11.9. The summed E-state index contributed by atoms with van der Waals surface area (Å²) in [4.78, 5) is 0. The van der Waals surface area contributed by atoms with Crippen molar-refractivity contribution in [2.45, 2.75) is 24.8 Å². The highest BCUT2D eigenvalue weighted by molar-refractivity contribution is 4.89. The number of likely N-dealkylation sites (N-methyl/N-ethyl adjacent to an activating group) is 1. The molecule has 6 heteroatoms. The van der Waals surface area contributed by atoms with Crippen LogP contribution < -0.4 is 5.32 Å². The molecule has 2 nitrogen and oxygen atoms in total. The molecular weight excluding hydrogens is 214 g/mol. The average Bonchev–Trinajstić information content (AvgIpc) is 2.16. The smallest absolute Gasteiger partial charge is 0.330 e. The Hall–Kier alpha value is -0.800. The van der Waals surface area contributed by atoms with Crippen molar-refractivity contribution < 1.29 is 22.3 Å². The van der Waals surface area contributed by atoms with Crippen molar-refractivity contribution >= 4 is 0 Å². The molecule has 1 N–H and O–H groups in total. The second-order valence-corrected chi connectivity index (χ2v) is 2.97. The van der Waals surface area contributed by atoms with Crippen LogP contribution in [-0.2, 0) is 4.74 Å². The topological polar surface area (TPSA) is 21.3 Å². The minimum Gasteiger partial charge on any atom is -0.373 e. The van der Waals surface area contributed by atoms with Crippen LogP contribution in [0.3, 0.4) is 0 Å². The van der Waals surface area contributed by atoms with Gasteiger partial charge in [0.1, 0.15) is 6.61 Å². The number of hydrogen-bond acceptors (Lipinski definition) is 2. The molecule has 0 spiro atoms. The number of terminal acetylenes is 1. The third-order valence-electron chi connectivity index (χ3n) is 1.71. The van der Waals surface area contributed by atoms with Gasteiger partial charge in [-0.2, -0.15) is 8.78 Å². The van der Waals surface area contributed by atoms with Gasteiger partial charge in [0, 0.05) is 12.5 Å². The first-order chi connectivity index (χ1) is 6.94. The first-order valence-electron chi connectivity index (χ1n) is 4.28. The Balaban J connectivity index is 3.82. The van der Waals surface area contributed by atoms with Crippen molar-refractivity contribution in [3.05, 3.63) is 0 Å². The van der Waals surface area contributed by atoms with Crippen LogP contribution in [0.1, 0.15) is 6.42 Å². The van der Waals surface area contributed by atoms with E-state index in [1.54, 1.807) is 7.05 Å². The summed E-state index contributed by atoms with van der Waals surface area (Å²) in [5.41, 5.74) is 0. The molecule has 0 aliphatic heterocycles. The lowest BCUT2D eigenvalue weighted by Crippen LogP contribution is -2.36. The average molecular weight is 227 g/mol. The third kappa shape index (κ3) is 5.60. The number of nitrogens with one attached hydrogen (secondary N) is 1. The highest BCUT2D eigenvalue weighted by atomic mass is 19.3. The van der Waals surface area contributed by atoms with E-state index in [0.29, 0.717) is 0 Å². The molecule has 0 aromatic rings. The van der Waals surface area contributed by atoms with E-state index in [0.717, 1.165) is 0 Å². The number of halogens is 4. The zero-order valence-electron chi connectivity index (χ0n) is 8.27. The summed E-state index contributed by atoms with van der Waals surface area (Å²) in [6.07, 6.45) is 1.58. The van der Waals surface area contributed by atoms with Crippen molar-refractivity contribution in [2.24, 2.45) is 0 Å². The standard InChI is InChI=1S/C9H13F4NO/c1-3-4-7(14-2)5-15-6-9(12,13)8(10)11/h1,7-8,14H,4-6H2,2H3. The molecular formula is C9H13F4NO. The van der Waals surface area contributed by atoms with Crippen molar-refractivity contribution in [3.8, 4) is 12.3 Å². The van der Waals surface area contributed by atoms with E-state index in [9.17, 15) is 17.6 Å². The van der Waals surface area contributed by atoms with Crippen LogP contribution in [0.5, 0.6) is 0 Å². The van der Waals surface area contributed by atoms with Crippen LogP contribution in [-0.4, -0.2) is 38.7 Å². The Bertz CT molecular complexity index is 215. The molecule has 0 heterocycles. The first-order valence-corrected chi connectivity index (χ1v) is 4.28.